The Morgan fingerprint density at radius 1 is 1.33 bits per heavy atom. The van der Waals surface area contributed by atoms with Crippen LogP contribution in [0.25, 0.3) is 0 Å². The number of nitrogens with one attached hydrogen (secondary N) is 1. The van der Waals surface area contributed by atoms with Gasteiger partial charge in [0, 0.05) is 13.0 Å². The van der Waals surface area contributed by atoms with E-state index in [-0.39, 0.29) is 31.9 Å². The van der Waals surface area contributed by atoms with E-state index in [4.69, 9.17) is 10.5 Å². The van der Waals surface area contributed by atoms with E-state index in [0.29, 0.717) is 5.69 Å². The Morgan fingerprint density at radius 3 is 2.67 bits per heavy atom. The van der Waals surface area contributed by atoms with Gasteiger partial charge in [-0.3, -0.25) is 14.6 Å². The molecule has 0 radical (unpaired) electrons. The van der Waals surface area contributed by atoms with Crippen LogP contribution in [-0.4, -0.2) is 54.4 Å². The molecule has 0 saturated carbocycles. The van der Waals surface area contributed by atoms with E-state index in [1.165, 1.54) is 5.01 Å². The van der Waals surface area contributed by atoms with Crippen LogP contribution in [0.3, 0.4) is 0 Å². The van der Waals surface area contributed by atoms with Crippen LogP contribution < -0.4 is 16.1 Å². The van der Waals surface area contributed by atoms with Gasteiger partial charge in [-0.05, 0) is 12.1 Å². The number of carboxylic acid groups (broad SMARTS) is 1. The molecule has 4 N–H and O–H groups in total. The molecule has 1 aliphatic heterocycles. The van der Waals surface area contributed by atoms with Gasteiger partial charge in [-0.25, -0.2) is 4.79 Å². The lowest BCUT2D eigenvalue weighted by atomic mass is 10.1. The number of carbonyl (C=O) groups is 3. The number of primary amides is 1. The van der Waals surface area contributed by atoms with Crippen molar-refractivity contribution in [3.63, 3.8) is 0 Å². The lowest BCUT2D eigenvalue weighted by Crippen LogP contribution is -2.36. The van der Waals surface area contributed by atoms with Gasteiger partial charge in [0.15, 0.2) is 6.04 Å². The summed E-state index contributed by atoms with van der Waals surface area (Å²) in [6, 6.07) is 7.84. The number of hydrogen-bond donors (Lipinski definition) is 3. The van der Waals surface area contributed by atoms with Crippen molar-refractivity contribution in [2.24, 2.45) is 10.8 Å². The Labute approximate surface area is 138 Å². The minimum absolute atomic E-state index is 0.00178. The van der Waals surface area contributed by atoms with Crippen LogP contribution in [0.1, 0.15) is 6.42 Å². The van der Waals surface area contributed by atoms with Gasteiger partial charge in [-0.2, -0.15) is 5.10 Å². The highest BCUT2D eigenvalue weighted by molar-refractivity contribution is 6.40. The number of carbonyl (C=O) groups excluding carboxylic acids is 2. The second-order valence-electron chi connectivity index (χ2n) is 5.06. The predicted octanol–water partition coefficient (Wildman–Crippen LogP) is -0.676. The second-order valence-corrected chi connectivity index (χ2v) is 5.06. The number of amides is 2. The van der Waals surface area contributed by atoms with Crippen molar-refractivity contribution < 1.29 is 24.2 Å². The maximum atomic E-state index is 12.1. The zero-order chi connectivity index (χ0) is 17.5. The van der Waals surface area contributed by atoms with Crippen LogP contribution in [0, 0.1) is 0 Å². The molecule has 0 spiro atoms. The molecule has 0 saturated heterocycles. The van der Waals surface area contributed by atoms with E-state index in [2.05, 4.69) is 10.4 Å². The van der Waals surface area contributed by atoms with Crippen molar-refractivity contribution in [3.05, 3.63) is 30.3 Å². The quantitative estimate of drug-likeness (QED) is 0.539. The number of para-hydroxylation sites is 1. The first-order chi connectivity index (χ1) is 11.5. The van der Waals surface area contributed by atoms with Crippen molar-refractivity contribution in [1.29, 1.82) is 0 Å². The molecule has 1 aliphatic rings. The van der Waals surface area contributed by atoms with Gasteiger partial charge >= 0.3 is 5.97 Å². The molecule has 2 amide bonds. The molecule has 9 nitrogen and oxygen atoms in total. The predicted molar refractivity (Wildman–Crippen MR) is 85.4 cm³/mol. The van der Waals surface area contributed by atoms with Crippen LogP contribution >= 0.6 is 0 Å². The van der Waals surface area contributed by atoms with Crippen molar-refractivity contribution >= 4 is 29.2 Å². The lowest BCUT2D eigenvalue weighted by Gasteiger charge is -2.19. The van der Waals surface area contributed by atoms with Crippen LogP contribution in [0.2, 0.25) is 0 Å². The summed E-state index contributed by atoms with van der Waals surface area (Å²) in [7, 11) is 0. The van der Waals surface area contributed by atoms with Crippen LogP contribution in [0.5, 0.6) is 0 Å². The highest BCUT2D eigenvalue weighted by atomic mass is 16.5. The third kappa shape index (κ3) is 4.53. The Balaban J connectivity index is 1.96. The normalized spacial score (nSPS) is 16.6. The molecule has 9 heteroatoms. The SMILES string of the molecule is NC(=O)COCCNC(=O)C1=NN(c2ccccc2)C(C(=O)O)C1. The fourth-order valence-corrected chi connectivity index (χ4v) is 2.17. The number of nitrogens with two attached hydrogens (primary N) is 1. The van der Waals surface area contributed by atoms with E-state index in [0.717, 1.165) is 0 Å². The number of rotatable bonds is 8. The summed E-state index contributed by atoms with van der Waals surface area (Å²) in [5, 5.41) is 17.3. The number of ether oxygens (including phenoxy) is 1. The maximum Gasteiger partial charge on any atom is 0.328 e. The van der Waals surface area contributed by atoms with E-state index >= 15 is 0 Å². The van der Waals surface area contributed by atoms with Crippen LogP contribution in [-0.2, 0) is 19.1 Å². The van der Waals surface area contributed by atoms with Gasteiger partial charge in [0.05, 0.1) is 12.3 Å². The second kappa shape index (κ2) is 8.06. The molecule has 1 heterocycles. The summed E-state index contributed by atoms with van der Waals surface area (Å²) in [5.74, 6) is -2.12. The average molecular weight is 334 g/mol. The minimum atomic E-state index is -1.06. The first-order valence-electron chi connectivity index (χ1n) is 7.28. The lowest BCUT2D eigenvalue weighted by molar-refractivity contribution is -0.138. The molecule has 0 aromatic heterocycles. The average Bonchev–Trinajstić information content (AvgIpc) is 3.00. The largest absolute Gasteiger partial charge is 0.480 e. The fourth-order valence-electron chi connectivity index (χ4n) is 2.17. The van der Waals surface area contributed by atoms with E-state index < -0.39 is 23.8 Å². The Kier molecular flexibility index (Phi) is 5.85. The zero-order valence-corrected chi connectivity index (χ0v) is 12.8. The van der Waals surface area contributed by atoms with Crippen LogP contribution in [0.4, 0.5) is 5.69 Å². The van der Waals surface area contributed by atoms with Gasteiger partial charge in [-0.15, -0.1) is 0 Å². The summed E-state index contributed by atoms with van der Waals surface area (Å²) < 4.78 is 4.92. The molecule has 0 fully saturated rings. The van der Waals surface area contributed by atoms with Crippen molar-refractivity contribution in [3.8, 4) is 0 Å². The summed E-state index contributed by atoms with van der Waals surface area (Å²) in [6.07, 6.45) is -0.00178. The number of nitrogens with zero attached hydrogens (tertiary/aromatic N) is 2. The molecule has 0 bridgehead atoms. The molecule has 2 rings (SSSR count). The van der Waals surface area contributed by atoms with Gasteiger partial charge in [-0.1, -0.05) is 18.2 Å². The first kappa shape index (κ1) is 17.4. The molecule has 24 heavy (non-hydrogen) atoms. The first-order valence-corrected chi connectivity index (χ1v) is 7.28. The summed E-state index contributed by atoms with van der Waals surface area (Å²) >= 11 is 0. The Hall–Kier alpha value is -2.94. The zero-order valence-electron chi connectivity index (χ0n) is 12.8. The van der Waals surface area contributed by atoms with Gasteiger partial charge in [0.2, 0.25) is 5.91 Å². The molecule has 1 aromatic rings. The number of benzene rings is 1. The van der Waals surface area contributed by atoms with Crippen molar-refractivity contribution in [2.45, 2.75) is 12.5 Å². The minimum Gasteiger partial charge on any atom is -0.480 e. The molecule has 1 aromatic carbocycles. The monoisotopic (exact) mass is 334 g/mol. The summed E-state index contributed by atoms with van der Waals surface area (Å²) in [4.78, 5) is 34.0. The highest BCUT2D eigenvalue weighted by Crippen LogP contribution is 2.24. The number of hydrogen-bond acceptors (Lipinski definition) is 6. The third-order valence-electron chi connectivity index (χ3n) is 3.25. The standard InChI is InChI=1S/C15H18N4O5/c16-13(20)9-24-7-6-17-14(21)11-8-12(15(22)23)19(18-11)10-4-2-1-3-5-10/h1-5,12H,6-9H2,(H2,16,20)(H,17,21)(H,22,23). The van der Waals surface area contributed by atoms with Gasteiger partial charge in [0.1, 0.15) is 12.3 Å². The summed E-state index contributed by atoms with van der Waals surface area (Å²) in [6.45, 7) is 0.0562. The molecule has 1 atom stereocenters. The smallest absolute Gasteiger partial charge is 0.328 e. The van der Waals surface area contributed by atoms with Gasteiger partial charge in [0.25, 0.3) is 5.91 Å². The highest BCUT2D eigenvalue weighted by Gasteiger charge is 2.35. The van der Waals surface area contributed by atoms with Crippen LogP contribution in [0.15, 0.2) is 35.4 Å². The van der Waals surface area contributed by atoms with E-state index in [1.54, 1.807) is 30.3 Å². The molecule has 1 unspecified atom stereocenters. The van der Waals surface area contributed by atoms with Crippen molar-refractivity contribution in [2.75, 3.05) is 24.8 Å². The number of anilines is 1. The third-order valence-corrected chi connectivity index (χ3v) is 3.25. The van der Waals surface area contributed by atoms with Gasteiger partial charge < -0.3 is 20.9 Å². The fraction of sp³-hybridized carbons (Fsp3) is 0.333. The molecule has 0 aliphatic carbocycles. The van der Waals surface area contributed by atoms with Crippen molar-refractivity contribution in [1.82, 2.24) is 5.32 Å². The summed E-state index contributed by atoms with van der Waals surface area (Å²) in [5.41, 5.74) is 5.64. The molecule has 128 valence electrons. The topological polar surface area (TPSA) is 134 Å². The number of hydrazone groups is 1. The number of aliphatic carboxylic acids is 1. The van der Waals surface area contributed by atoms with E-state index in [1.807, 2.05) is 0 Å². The molecular weight excluding hydrogens is 316 g/mol. The Bertz CT molecular complexity index is 647. The van der Waals surface area contributed by atoms with E-state index in [9.17, 15) is 19.5 Å². The molecular formula is C15H18N4O5. The number of carboxylic acids is 1. The maximum absolute atomic E-state index is 12.1. The Morgan fingerprint density at radius 2 is 2.04 bits per heavy atom.